The van der Waals surface area contributed by atoms with Crippen LogP contribution in [0.2, 0.25) is 0 Å². The minimum Gasteiger partial charge on any atom is -0.478 e. The lowest BCUT2D eigenvalue weighted by Crippen LogP contribution is -2.03. The van der Waals surface area contributed by atoms with Crippen LogP contribution in [0, 0.1) is 11.8 Å². The number of hydrogen-bond donors (Lipinski definition) is 3. The fourth-order valence-electron chi connectivity index (χ4n) is 1.10. The molecule has 82 valence electrons. The highest BCUT2D eigenvalue weighted by molar-refractivity contribution is 7.80. The first kappa shape index (κ1) is 12.1. The van der Waals surface area contributed by atoms with Crippen molar-refractivity contribution in [1.82, 2.24) is 0 Å². The van der Waals surface area contributed by atoms with Crippen LogP contribution in [-0.2, 0) is 0 Å². The molecule has 0 atom stereocenters. The van der Waals surface area contributed by atoms with Crippen molar-refractivity contribution in [2.75, 3.05) is 5.75 Å². The molecule has 1 aromatic rings. The lowest BCUT2D eigenvalue weighted by Gasteiger charge is -2.00. The molecular weight excluding hydrogens is 228 g/mol. The van der Waals surface area contributed by atoms with Crippen LogP contribution in [0.3, 0.4) is 0 Å². The van der Waals surface area contributed by atoms with E-state index in [2.05, 4.69) is 24.5 Å². The summed E-state index contributed by atoms with van der Waals surface area (Å²) in [5.41, 5.74) is 0.175. The molecule has 2 N–H and O–H groups in total. The Morgan fingerprint density at radius 2 is 1.94 bits per heavy atom. The Labute approximate surface area is 97.3 Å². The highest BCUT2D eigenvalue weighted by Crippen LogP contribution is 2.11. The zero-order valence-electron chi connectivity index (χ0n) is 8.10. The Morgan fingerprint density at radius 3 is 2.44 bits per heavy atom. The lowest BCUT2D eigenvalue weighted by molar-refractivity contribution is 0.0681. The molecule has 0 aliphatic carbocycles. The summed E-state index contributed by atoms with van der Waals surface area (Å²) in [5, 5.41) is 17.6. The Bertz CT molecular complexity index is 496. The van der Waals surface area contributed by atoms with Gasteiger partial charge in [-0.05, 0) is 18.2 Å². The number of carboxylic acids is 2. The van der Waals surface area contributed by atoms with Crippen LogP contribution < -0.4 is 0 Å². The summed E-state index contributed by atoms with van der Waals surface area (Å²) in [6, 6.07) is 3.70. The van der Waals surface area contributed by atoms with Crippen molar-refractivity contribution in [1.29, 1.82) is 0 Å². The molecule has 0 aromatic heterocycles. The second kappa shape index (κ2) is 5.24. The van der Waals surface area contributed by atoms with Gasteiger partial charge in [0.1, 0.15) is 0 Å². The van der Waals surface area contributed by atoms with E-state index >= 15 is 0 Å². The van der Waals surface area contributed by atoms with Gasteiger partial charge in [-0.25, -0.2) is 9.59 Å². The standard InChI is InChI=1S/C11H8O4S/c12-10(13)8-3-4-9(11(14)15)7(6-8)2-1-5-16/h3-4,6,16H,5H2,(H,12,13)(H,14,15). The maximum atomic E-state index is 10.8. The number of rotatable bonds is 2. The van der Waals surface area contributed by atoms with Crippen LogP contribution in [0.1, 0.15) is 26.3 Å². The molecule has 5 heteroatoms. The molecule has 0 saturated carbocycles. The number of hydrogen-bond acceptors (Lipinski definition) is 3. The van der Waals surface area contributed by atoms with Crippen molar-refractivity contribution in [3.8, 4) is 11.8 Å². The Hall–Kier alpha value is -1.93. The van der Waals surface area contributed by atoms with E-state index in [1.165, 1.54) is 18.2 Å². The van der Waals surface area contributed by atoms with Gasteiger partial charge in [0, 0.05) is 5.56 Å². The summed E-state index contributed by atoms with van der Waals surface area (Å²) in [6.45, 7) is 0. The molecule has 0 saturated heterocycles. The Kier molecular flexibility index (Phi) is 3.97. The van der Waals surface area contributed by atoms with Gasteiger partial charge in [0.2, 0.25) is 0 Å². The monoisotopic (exact) mass is 236 g/mol. The van der Waals surface area contributed by atoms with E-state index in [1.807, 2.05) is 0 Å². The van der Waals surface area contributed by atoms with Gasteiger partial charge in [0.05, 0.1) is 16.9 Å². The molecule has 1 rings (SSSR count). The minimum absolute atomic E-state index is 0.00784. The lowest BCUT2D eigenvalue weighted by atomic mass is 10.0. The van der Waals surface area contributed by atoms with E-state index in [0.29, 0.717) is 0 Å². The topological polar surface area (TPSA) is 74.6 Å². The molecule has 0 aliphatic heterocycles. The van der Waals surface area contributed by atoms with Crippen molar-refractivity contribution in [2.45, 2.75) is 0 Å². The molecular formula is C11H8O4S. The highest BCUT2D eigenvalue weighted by atomic mass is 32.1. The molecule has 0 heterocycles. The Balaban J connectivity index is 3.32. The summed E-state index contributed by atoms with van der Waals surface area (Å²) >= 11 is 3.87. The van der Waals surface area contributed by atoms with Crippen molar-refractivity contribution < 1.29 is 19.8 Å². The summed E-state index contributed by atoms with van der Waals surface area (Å²) in [5.74, 6) is 3.17. The van der Waals surface area contributed by atoms with E-state index < -0.39 is 11.9 Å². The van der Waals surface area contributed by atoms with Crippen molar-refractivity contribution in [3.63, 3.8) is 0 Å². The van der Waals surface area contributed by atoms with Gasteiger partial charge in [-0.1, -0.05) is 11.8 Å². The first-order valence-electron chi connectivity index (χ1n) is 4.26. The molecule has 0 spiro atoms. The zero-order valence-corrected chi connectivity index (χ0v) is 8.99. The highest BCUT2D eigenvalue weighted by Gasteiger charge is 2.11. The molecule has 0 aliphatic rings. The maximum absolute atomic E-state index is 10.8. The normalized spacial score (nSPS) is 9.06. The molecule has 0 fully saturated rings. The predicted octanol–water partition coefficient (Wildman–Crippen LogP) is 1.36. The zero-order chi connectivity index (χ0) is 12.1. The van der Waals surface area contributed by atoms with E-state index in [0.717, 1.165) is 0 Å². The maximum Gasteiger partial charge on any atom is 0.336 e. The molecule has 0 radical (unpaired) electrons. The summed E-state index contributed by atoms with van der Waals surface area (Å²) in [7, 11) is 0. The number of carboxylic acid groups (broad SMARTS) is 2. The molecule has 0 unspecified atom stereocenters. The van der Waals surface area contributed by atoms with E-state index in [4.69, 9.17) is 10.2 Å². The summed E-state index contributed by atoms with van der Waals surface area (Å²) < 4.78 is 0. The van der Waals surface area contributed by atoms with Gasteiger partial charge < -0.3 is 10.2 Å². The minimum atomic E-state index is -1.14. The van der Waals surface area contributed by atoms with Crippen LogP contribution in [-0.4, -0.2) is 27.9 Å². The third-order valence-corrected chi connectivity index (χ3v) is 1.96. The molecule has 0 bridgehead atoms. The average molecular weight is 236 g/mol. The first-order valence-corrected chi connectivity index (χ1v) is 4.90. The third kappa shape index (κ3) is 2.78. The predicted molar refractivity (Wildman–Crippen MR) is 61.1 cm³/mol. The fraction of sp³-hybridized carbons (Fsp3) is 0.0909. The molecule has 0 amide bonds. The van der Waals surface area contributed by atoms with Gasteiger partial charge in [-0.3, -0.25) is 0 Å². The average Bonchev–Trinajstić information content (AvgIpc) is 2.25. The van der Waals surface area contributed by atoms with Gasteiger partial charge in [-0.2, -0.15) is 12.6 Å². The van der Waals surface area contributed by atoms with Crippen LogP contribution in [0.4, 0.5) is 0 Å². The van der Waals surface area contributed by atoms with Crippen molar-refractivity contribution >= 4 is 24.6 Å². The number of benzene rings is 1. The van der Waals surface area contributed by atoms with Gasteiger partial charge in [0.15, 0.2) is 0 Å². The van der Waals surface area contributed by atoms with Gasteiger partial charge in [0.25, 0.3) is 0 Å². The first-order chi connectivity index (χ1) is 7.56. The fourth-order valence-corrected chi connectivity index (χ4v) is 1.18. The second-order valence-electron chi connectivity index (χ2n) is 2.83. The summed E-state index contributed by atoms with van der Waals surface area (Å²) in [4.78, 5) is 21.5. The smallest absolute Gasteiger partial charge is 0.336 e. The molecule has 1 aromatic carbocycles. The summed E-state index contributed by atoms with van der Waals surface area (Å²) in [6.07, 6.45) is 0. The van der Waals surface area contributed by atoms with E-state index in [-0.39, 0.29) is 22.4 Å². The molecule has 16 heavy (non-hydrogen) atoms. The van der Waals surface area contributed by atoms with Crippen LogP contribution in [0.5, 0.6) is 0 Å². The quantitative estimate of drug-likeness (QED) is 0.535. The van der Waals surface area contributed by atoms with Gasteiger partial charge in [-0.15, -0.1) is 0 Å². The van der Waals surface area contributed by atoms with E-state index in [9.17, 15) is 9.59 Å². The second-order valence-corrected chi connectivity index (χ2v) is 3.15. The number of carbonyl (C=O) groups is 2. The number of aromatic carboxylic acids is 2. The van der Waals surface area contributed by atoms with Gasteiger partial charge >= 0.3 is 11.9 Å². The van der Waals surface area contributed by atoms with Crippen molar-refractivity contribution in [2.24, 2.45) is 0 Å². The largest absolute Gasteiger partial charge is 0.478 e. The van der Waals surface area contributed by atoms with Crippen LogP contribution >= 0.6 is 12.6 Å². The van der Waals surface area contributed by atoms with Crippen molar-refractivity contribution in [3.05, 3.63) is 34.9 Å². The third-order valence-electron chi connectivity index (χ3n) is 1.80. The van der Waals surface area contributed by atoms with E-state index in [1.54, 1.807) is 0 Å². The Morgan fingerprint density at radius 1 is 1.25 bits per heavy atom. The molecule has 4 nitrogen and oxygen atoms in total. The number of thiol groups is 1. The SMILES string of the molecule is O=C(O)c1ccc(C(=O)O)c(C#CCS)c1. The van der Waals surface area contributed by atoms with Crippen LogP contribution in [0.15, 0.2) is 18.2 Å². The van der Waals surface area contributed by atoms with Crippen LogP contribution in [0.25, 0.3) is 0 Å².